The van der Waals surface area contributed by atoms with Crippen LogP contribution in [-0.4, -0.2) is 40.1 Å². The monoisotopic (exact) mass is 321 g/mol. The number of aromatic nitrogens is 3. The molecule has 6 nitrogen and oxygen atoms in total. The maximum absolute atomic E-state index is 11.3. The molecule has 1 N–H and O–H groups in total. The lowest BCUT2D eigenvalue weighted by Gasteiger charge is -2.08. The van der Waals surface area contributed by atoms with Crippen LogP contribution in [0.3, 0.4) is 0 Å². The molecule has 22 heavy (non-hydrogen) atoms. The van der Waals surface area contributed by atoms with Gasteiger partial charge in [-0.05, 0) is 25.5 Å². The van der Waals surface area contributed by atoms with Crippen LogP contribution in [0.4, 0.5) is 0 Å². The highest BCUT2D eigenvalue weighted by Gasteiger charge is 2.12. The van der Waals surface area contributed by atoms with E-state index in [1.807, 2.05) is 24.3 Å². The van der Waals surface area contributed by atoms with E-state index >= 15 is 0 Å². The Morgan fingerprint density at radius 2 is 2.14 bits per heavy atom. The summed E-state index contributed by atoms with van der Waals surface area (Å²) in [7, 11) is 0. The molecule has 1 aromatic carbocycles. The van der Waals surface area contributed by atoms with Crippen molar-refractivity contribution in [3.8, 4) is 17.1 Å². The lowest BCUT2D eigenvalue weighted by molar-refractivity contribution is -0.139. The number of hydrogen-bond acceptors (Lipinski definition) is 6. The fourth-order valence-electron chi connectivity index (χ4n) is 1.76. The van der Waals surface area contributed by atoms with Crippen LogP contribution in [0.15, 0.2) is 29.4 Å². The molecule has 118 valence electrons. The van der Waals surface area contributed by atoms with E-state index in [-0.39, 0.29) is 11.7 Å². The molecule has 0 unspecified atom stereocenters. The number of carbonyl (C=O) groups is 1. The Balaban J connectivity index is 2.06. The van der Waals surface area contributed by atoms with Crippen LogP contribution in [0.25, 0.3) is 11.4 Å². The highest BCUT2D eigenvalue weighted by Crippen LogP contribution is 2.28. The minimum absolute atomic E-state index is 0.194. The molecule has 0 spiro atoms. The molecule has 0 fully saturated rings. The average molecular weight is 321 g/mol. The summed E-state index contributed by atoms with van der Waals surface area (Å²) in [6.07, 6.45) is 0.936. The summed E-state index contributed by atoms with van der Waals surface area (Å²) in [6.45, 7) is 4.86. The van der Waals surface area contributed by atoms with Gasteiger partial charge in [-0.3, -0.25) is 9.89 Å². The number of nitrogens with zero attached hydrogens (tertiary/aromatic N) is 2. The largest absolute Gasteiger partial charge is 0.493 e. The van der Waals surface area contributed by atoms with Crippen molar-refractivity contribution in [1.29, 1.82) is 0 Å². The summed E-state index contributed by atoms with van der Waals surface area (Å²) in [6, 6.07) is 7.66. The molecular weight excluding hydrogens is 302 g/mol. The highest BCUT2D eigenvalue weighted by molar-refractivity contribution is 7.99. The van der Waals surface area contributed by atoms with Gasteiger partial charge in [0.15, 0.2) is 5.82 Å². The second kappa shape index (κ2) is 8.43. The molecule has 0 amide bonds. The first kappa shape index (κ1) is 16.4. The third-order valence-corrected chi connectivity index (χ3v) is 3.51. The van der Waals surface area contributed by atoms with Crippen molar-refractivity contribution in [1.82, 2.24) is 15.2 Å². The Bertz CT molecular complexity index is 616. The van der Waals surface area contributed by atoms with E-state index in [0.29, 0.717) is 24.2 Å². The lowest BCUT2D eigenvalue weighted by Crippen LogP contribution is -2.06. The number of ether oxygens (including phenoxy) is 2. The van der Waals surface area contributed by atoms with E-state index in [4.69, 9.17) is 9.47 Å². The number of para-hydroxylation sites is 1. The van der Waals surface area contributed by atoms with Crippen LogP contribution in [0.2, 0.25) is 0 Å². The summed E-state index contributed by atoms with van der Waals surface area (Å²) >= 11 is 1.24. The summed E-state index contributed by atoms with van der Waals surface area (Å²) in [5.41, 5.74) is 0.853. The normalized spacial score (nSPS) is 10.5. The maximum Gasteiger partial charge on any atom is 0.316 e. The van der Waals surface area contributed by atoms with Gasteiger partial charge in [0.05, 0.1) is 24.5 Å². The van der Waals surface area contributed by atoms with Crippen LogP contribution in [0.5, 0.6) is 5.75 Å². The van der Waals surface area contributed by atoms with E-state index in [1.165, 1.54) is 11.8 Å². The number of esters is 1. The quantitative estimate of drug-likeness (QED) is 0.595. The Kier molecular flexibility index (Phi) is 6.27. The number of thioether (sulfide) groups is 1. The maximum atomic E-state index is 11.3. The summed E-state index contributed by atoms with van der Waals surface area (Å²) in [5.74, 6) is 1.31. The molecule has 0 radical (unpaired) electrons. The van der Waals surface area contributed by atoms with E-state index in [2.05, 4.69) is 22.1 Å². The van der Waals surface area contributed by atoms with Crippen molar-refractivity contribution >= 4 is 17.7 Å². The second-order valence-corrected chi connectivity index (χ2v) is 5.35. The molecule has 2 aromatic rings. The van der Waals surface area contributed by atoms with Crippen LogP contribution in [0, 0.1) is 0 Å². The molecule has 0 saturated heterocycles. The van der Waals surface area contributed by atoms with Gasteiger partial charge < -0.3 is 9.47 Å². The zero-order valence-electron chi connectivity index (χ0n) is 12.7. The van der Waals surface area contributed by atoms with Crippen molar-refractivity contribution in [2.45, 2.75) is 25.4 Å². The van der Waals surface area contributed by atoms with Crippen LogP contribution in [-0.2, 0) is 9.53 Å². The van der Waals surface area contributed by atoms with E-state index in [9.17, 15) is 4.79 Å². The molecule has 0 aliphatic rings. The second-order valence-electron chi connectivity index (χ2n) is 4.40. The predicted molar refractivity (Wildman–Crippen MR) is 85.0 cm³/mol. The molecule has 0 aliphatic carbocycles. The molecule has 1 heterocycles. The summed E-state index contributed by atoms with van der Waals surface area (Å²) < 4.78 is 10.6. The van der Waals surface area contributed by atoms with Gasteiger partial charge in [-0.15, -0.1) is 5.10 Å². The minimum Gasteiger partial charge on any atom is -0.493 e. The molecule has 0 saturated carbocycles. The van der Waals surface area contributed by atoms with Crippen LogP contribution < -0.4 is 4.74 Å². The number of carbonyl (C=O) groups excluding carboxylic acids is 1. The van der Waals surface area contributed by atoms with Gasteiger partial charge in [0, 0.05) is 0 Å². The number of nitrogens with one attached hydrogen (secondary N) is 1. The summed E-state index contributed by atoms with van der Waals surface area (Å²) in [4.78, 5) is 15.7. The van der Waals surface area contributed by atoms with E-state index in [0.717, 1.165) is 17.7 Å². The van der Waals surface area contributed by atoms with Crippen molar-refractivity contribution in [2.24, 2.45) is 0 Å². The van der Waals surface area contributed by atoms with Gasteiger partial charge >= 0.3 is 5.97 Å². The minimum atomic E-state index is -0.273. The molecular formula is C15H19N3O3S. The Morgan fingerprint density at radius 1 is 1.32 bits per heavy atom. The average Bonchev–Trinajstić information content (AvgIpc) is 3.00. The third-order valence-electron chi connectivity index (χ3n) is 2.69. The van der Waals surface area contributed by atoms with Gasteiger partial charge in [-0.2, -0.15) is 0 Å². The first-order valence-corrected chi connectivity index (χ1v) is 8.16. The van der Waals surface area contributed by atoms with E-state index in [1.54, 1.807) is 6.92 Å². The number of hydrogen-bond donors (Lipinski definition) is 1. The first-order valence-electron chi connectivity index (χ1n) is 7.17. The topological polar surface area (TPSA) is 77.1 Å². The molecule has 2 rings (SSSR count). The Hall–Kier alpha value is -2.02. The molecule has 0 atom stereocenters. The number of rotatable bonds is 8. The van der Waals surface area contributed by atoms with Gasteiger partial charge in [0.25, 0.3) is 0 Å². The highest BCUT2D eigenvalue weighted by atomic mass is 32.2. The standard InChI is InChI=1S/C15H19N3O3S/c1-3-9-21-12-8-6-5-7-11(12)14-16-15(18-17-14)22-10-13(19)20-4-2/h5-8H,3-4,9-10H2,1-2H3,(H,16,17,18). The lowest BCUT2D eigenvalue weighted by atomic mass is 10.2. The zero-order valence-corrected chi connectivity index (χ0v) is 13.5. The molecule has 7 heteroatoms. The van der Waals surface area contributed by atoms with Crippen molar-refractivity contribution in [2.75, 3.05) is 19.0 Å². The fraction of sp³-hybridized carbons (Fsp3) is 0.400. The number of aromatic amines is 1. The molecule has 0 bridgehead atoms. The first-order chi connectivity index (χ1) is 10.7. The van der Waals surface area contributed by atoms with Crippen molar-refractivity contribution in [3.05, 3.63) is 24.3 Å². The van der Waals surface area contributed by atoms with E-state index < -0.39 is 0 Å². The van der Waals surface area contributed by atoms with Gasteiger partial charge in [0.1, 0.15) is 5.75 Å². The Labute approximate surface area is 133 Å². The van der Waals surface area contributed by atoms with Crippen molar-refractivity contribution in [3.63, 3.8) is 0 Å². The van der Waals surface area contributed by atoms with Gasteiger partial charge in [-0.25, -0.2) is 4.98 Å². The number of benzene rings is 1. The van der Waals surface area contributed by atoms with Crippen LogP contribution in [0.1, 0.15) is 20.3 Å². The fourth-order valence-corrected chi connectivity index (χ4v) is 2.35. The zero-order chi connectivity index (χ0) is 15.8. The predicted octanol–water partition coefficient (Wildman–Crippen LogP) is 2.92. The van der Waals surface area contributed by atoms with Crippen LogP contribution >= 0.6 is 11.8 Å². The summed E-state index contributed by atoms with van der Waals surface area (Å²) in [5, 5.41) is 7.50. The molecule has 1 aromatic heterocycles. The number of H-pyrrole nitrogens is 1. The van der Waals surface area contributed by atoms with Crippen molar-refractivity contribution < 1.29 is 14.3 Å². The van der Waals surface area contributed by atoms with Gasteiger partial charge in [0.2, 0.25) is 5.16 Å². The smallest absolute Gasteiger partial charge is 0.316 e. The third kappa shape index (κ3) is 4.49. The molecule has 0 aliphatic heterocycles. The Morgan fingerprint density at radius 3 is 2.91 bits per heavy atom. The van der Waals surface area contributed by atoms with Gasteiger partial charge in [-0.1, -0.05) is 30.8 Å². The SMILES string of the molecule is CCCOc1ccccc1-c1nc(SCC(=O)OCC)n[nH]1.